The zero-order valence-corrected chi connectivity index (χ0v) is 39.2. The van der Waals surface area contributed by atoms with Crippen molar-refractivity contribution in [3.8, 4) is 17.2 Å². The van der Waals surface area contributed by atoms with E-state index in [9.17, 15) is 19.2 Å². The number of benzene rings is 6. The summed E-state index contributed by atoms with van der Waals surface area (Å²) in [5.41, 5.74) is 13.4. The fourth-order valence-corrected chi connectivity index (χ4v) is 12.3. The standard InChI is InChI=1S/C56H50N2O8/c1-25(2)55-37-15-13-14-16-38(37)56(26(3)4,40-18-28(6)27(5)17-39(40)55)42-24-48-47(23-41(42)55)65-45-21-35-36(22-46(45)66-48)54(62)58(53(35)61)50-31(9)29(7)49(30(8)32(50)10)57-51(59)33-19-43(63-11)44(64-12)20-34(33)52(57)60/h13-26H,1-12H3. The summed E-state index contributed by atoms with van der Waals surface area (Å²) < 4.78 is 25.6. The molecule has 12 rings (SSSR count). The maximum Gasteiger partial charge on any atom is 0.266 e. The summed E-state index contributed by atoms with van der Waals surface area (Å²) in [6, 6.07) is 24.3. The van der Waals surface area contributed by atoms with Crippen molar-refractivity contribution in [2.24, 2.45) is 11.8 Å². The summed E-state index contributed by atoms with van der Waals surface area (Å²) in [5.74, 6) is -0.0137. The first-order valence-corrected chi connectivity index (χ1v) is 22.5. The van der Waals surface area contributed by atoms with Gasteiger partial charge in [-0.1, -0.05) is 64.1 Å². The summed E-state index contributed by atoms with van der Waals surface area (Å²) in [5, 5.41) is 0.380. The molecular weight excluding hydrogens is 829 g/mol. The Morgan fingerprint density at radius 3 is 1.23 bits per heavy atom. The highest BCUT2D eigenvalue weighted by molar-refractivity contribution is 6.35. The maximum atomic E-state index is 14.6. The van der Waals surface area contributed by atoms with Crippen LogP contribution in [-0.4, -0.2) is 30.6 Å². The molecule has 8 aromatic rings. The highest BCUT2D eigenvalue weighted by Gasteiger charge is 2.61. The monoisotopic (exact) mass is 878 g/mol. The van der Waals surface area contributed by atoms with Gasteiger partial charge in [-0.15, -0.1) is 0 Å². The predicted molar refractivity (Wildman–Crippen MR) is 257 cm³/mol. The van der Waals surface area contributed by atoms with Crippen LogP contribution in [0, 0.1) is 53.4 Å². The number of rotatable bonds is 6. The van der Waals surface area contributed by atoms with E-state index in [-0.39, 0.29) is 33.7 Å². The molecule has 6 aromatic carbocycles. The highest BCUT2D eigenvalue weighted by atomic mass is 16.5. The zero-order chi connectivity index (χ0) is 46.8. The van der Waals surface area contributed by atoms with Gasteiger partial charge in [0.2, 0.25) is 0 Å². The van der Waals surface area contributed by atoms with Crippen molar-refractivity contribution in [3.05, 3.63) is 171 Å². The van der Waals surface area contributed by atoms with Crippen LogP contribution in [0.15, 0.2) is 91.2 Å². The SMILES string of the molecule is COc1cc2c(cc1OC)C(=O)N(c1c(C)c(C)c(-n3c(=O)c4cc5oc6cc7c(cc6oc5cc4c3=O)C3(C(C)C)c4ccccc4C7(C(C)C)c4cc(C)c(C)cc43)c(C)c1C)C2=O. The average molecular weight is 879 g/mol. The molecular formula is C56H50N2O8. The van der Waals surface area contributed by atoms with Gasteiger partial charge in [0.05, 0.1) is 47.5 Å². The number of aryl methyl sites for hydroxylation is 2. The van der Waals surface area contributed by atoms with E-state index >= 15 is 0 Å². The molecule has 10 nitrogen and oxygen atoms in total. The Morgan fingerprint density at radius 1 is 0.485 bits per heavy atom. The van der Waals surface area contributed by atoms with Gasteiger partial charge in [-0.2, -0.15) is 0 Å². The van der Waals surface area contributed by atoms with E-state index in [1.807, 2.05) is 0 Å². The van der Waals surface area contributed by atoms with E-state index in [1.165, 1.54) is 75.4 Å². The van der Waals surface area contributed by atoms with Gasteiger partial charge in [-0.25, -0.2) is 9.47 Å². The molecule has 2 aromatic heterocycles. The van der Waals surface area contributed by atoms with Crippen molar-refractivity contribution < 1.29 is 27.9 Å². The first kappa shape index (κ1) is 41.5. The summed E-state index contributed by atoms with van der Waals surface area (Å²) in [6.07, 6.45) is 0. The minimum Gasteiger partial charge on any atom is -0.493 e. The summed E-state index contributed by atoms with van der Waals surface area (Å²) in [4.78, 5) is 58.4. The number of hydrogen-bond donors (Lipinski definition) is 0. The number of nitrogens with zero attached hydrogens (tertiary/aromatic N) is 2. The molecule has 4 aliphatic rings. The Labute approximate surface area is 381 Å². The number of imide groups is 1. The van der Waals surface area contributed by atoms with Crippen molar-refractivity contribution in [2.45, 2.75) is 80.1 Å². The molecule has 0 N–H and O–H groups in total. The minimum atomic E-state index is -0.510. The van der Waals surface area contributed by atoms with Crippen molar-refractivity contribution in [3.63, 3.8) is 0 Å². The number of carbonyl (C=O) groups excluding carboxylic acids is 2. The smallest absolute Gasteiger partial charge is 0.266 e. The molecule has 2 atom stereocenters. The number of aromatic nitrogens is 1. The second-order valence-corrected chi connectivity index (χ2v) is 19.2. The largest absolute Gasteiger partial charge is 0.493 e. The number of methoxy groups -OCH3 is 2. The van der Waals surface area contributed by atoms with Crippen LogP contribution < -0.4 is 25.5 Å². The zero-order valence-electron chi connectivity index (χ0n) is 39.2. The summed E-state index contributed by atoms with van der Waals surface area (Å²) >= 11 is 0. The highest BCUT2D eigenvalue weighted by Crippen LogP contribution is 2.67. The number of fused-ring (bicyclic) bond motifs is 4. The van der Waals surface area contributed by atoms with Crippen molar-refractivity contribution in [2.75, 3.05) is 19.1 Å². The lowest BCUT2D eigenvalue weighted by Gasteiger charge is -2.60. The van der Waals surface area contributed by atoms with Crippen LogP contribution in [0.25, 0.3) is 38.8 Å². The normalized spacial score (nSPS) is 18.2. The van der Waals surface area contributed by atoms with Crippen LogP contribution >= 0.6 is 0 Å². The lowest BCUT2D eigenvalue weighted by atomic mass is 9.42. The molecule has 0 saturated carbocycles. The maximum absolute atomic E-state index is 14.6. The predicted octanol–water partition coefficient (Wildman–Crippen LogP) is 11.1. The fourth-order valence-electron chi connectivity index (χ4n) is 12.3. The lowest BCUT2D eigenvalue weighted by molar-refractivity contribution is 0.0925. The van der Waals surface area contributed by atoms with Gasteiger partial charge >= 0.3 is 0 Å². The van der Waals surface area contributed by atoms with Crippen LogP contribution in [0.3, 0.4) is 0 Å². The van der Waals surface area contributed by atoms with Gasteiger partial charge in [0.1, 0.15) is 0 Å². The molecule has 0 fully saturated rings. The molecule has 2 unspecified atom stereocenters. The molecule has 3 aliphatic carbocycles. The van der Waals surface area contributed by atoms with Gasteiger partial charge in [0.25, 0.3) is 22.9 Å². The van der Waals surface area contributed by atoms with Crippen molar-refractivity contribution in [1.29, 1.82) is 0 Å². The average Bonchev–Trinajstić information content (AvgIpc) is 3.67. The van der Waals surface area contributed by atoms with Gasteiger partial charge in [0.15, 0.2) is 33.8 Å². The molecule has 0 saturated heterocycles. The first-order chi connectivity index (χ1) is 31.4. The van der Waals surface area contributed by atoms with Gasteiger partial charge in [0, 0.05) is 10.8 Å². The third kappa shape index (κ3) is 4.81. The minimum absolute atomic E-state index is 0.172. The van der Waals surface area contributed by atoms with E-state index in [0.29, 0.717) is 67.5 Å². The molecule has 66 heavy (non-hydrogen) atoms. The van der Waals surface area contributed by atoms with Crippen molar-refractivity contribution in [1.82, 2.24) is 4.57 Å². The molecule has 3 heterocycles. The van der Waals surface area contributed by atoms with E-state index in [1.54, 1.807) is 39.8 Å². The van der Waals surface area contributed by atoms with E-state index < -0.39 is 33.8 Å². The number of amides is 2. The molecule has 332 valence electrons. The Balaban J connectivity index is 1.10. The molecule has 0 spiro atoms. The van der Waals surface area contributed by atoms with Crippen molar-refractivity contribution >= 4 is 50.6 Å². The Kier molecular flexibility index (Phi) is 8.60. The second-order valence-electron chi connectivity index (χ2n) is 19.2. The summed E-state index contributed by atoms with van der Waals surface area (Å²) in [6.45, 7) is 20.8. The summed E-state index contributed by atoms with van der Waals surface area (Å²) in [7, 11) is 2.93. The fraction of sp³-hybridized carbons (Fsp3) is 0.286. The van der Waals surface area contributed by atoms with E-state index in [2.05, 4.69) is 90.1 Å². The van der Waals surface area contributed by atoms with Crippen LogP contribution in [-0.2, 0) is 10.8 Å². The van der Waals surface area contributed by atoms with E-state index in [0.717, 1.165) is 4.90 Å². The number of ether oxygens (including phenoxy) is 2. The van der Waals surface area contributed by atoms with Gasteiger partial charge < -0.3 is 18.3 Å². The van der Waals surface area contributed by atoms with Gasteiger partial charge in [-0.05, 0) is 157 Å². The lowest BCUT2D eigenvalue weighted by Crippen LogP contribution is -2.55. The quantitative estimate of drug-likeness (QED) is 0.120. The topological polar surface area (TPSA) is 121 Å². The van der Waals surface area contributed by atoms with Gasteiger partial charge in [-0.3, -0.25) is 19.2 Å². The number of hydrogen-bond acceptors (Lipinski definition) is 8. The van der Waals surface area contributed by atoms with E-state index in [4.69, 9.17) is 18.3 Å². The number of carbonyl (C=O) groups is 2. The Morgan fingerprint density at radius 2 is 0.848 bits per heavy atom. The van der Waals surface area contributed by atoms with Crippen LogP contribution in [0.1, 0.15) is 115 Å². The third-order valence-corrected chi connectivity index (χ3v) is 15.7. The van der Waals surface area contributed by atoms with Crippen LogP contribution in [0.2, 0.25) is 0 Å². The Hall–Kier alpha value is -7.20. The molecule has 2 amide bonds. The molecule has 1 aliphatic heterocycles. The number of anilines is 1. The molecule has 2 bridgehead atoms. The first-order valence-electron chi connectivity index (χ1n) is 22.5. The van der Waals surface area contributed by atoms with Crippen LogP contribution in [0.5, 0.6) is 11.5 Å². The Bertz CT molecular complexity index is 3460. The molecule has 10 heteroatoms. The molecule has 0 radical (unpaired) electrons. The third-order valence-electron chi connectivity index (χ3n) is 15.7. The second kappa shape index (κ2) is 13.7. The van der Waals surface area contributed by atoms with Crippen LogP contribution in [0.4, 0.5) is 5.69 Å².